The van der Waals surface area contributed by atoms with E-state index in [2.05, 4.69) is 12.2 Å². The largest absolute Gasteiger partial charge is 0.497 e. The van der Waals surface area contributed by atoms with Gasteiger partial charge in [0.25, 0.3) is 5.91 Å². The summed E-state index contributed by atoms with van der Waals surface area (Å²) in [6.07, 6.45) is 2.13. The first-order valence-corrected chi connectivity index (χ1v) is 11.7. The molecule has 34 heavy (non-hydrogen) atoms. The number of methoxy groups -OCH3 is 1. The molecule has 5 heteroatoms. The van der Waals surface area contributed by atoms with Gasteiger partial charge in [0.1, 0.15) is 11.5 Å². The summed E-state index contributed by atoms with van der Waals surface area (Å²) in [4.78, 5) is 18.2. The molecule has 1 unspecified atom stereocenters. The maximum Gasteiger partial charge on any atom is 0.252 e. The van der Waals surface area contributed by atoms with Gasteiger partial charge in [0.2, 0.25) is 0 Å². The van der Waals surface area contributed by atoms with E-state index in [0.29, 0.717) is 12.2 Å². The van der Waals surface area contributed by atoms with Crippen LogP contribution in [0.1, 0.15) is 48.7 Å². The third-order valence-electron chi connectivity index (χ3n) is 5.84. The number of benzene rings is 3. The van der Waals surface area contributed by atoms with E-state index in [1.165, 1.54) is 0 Å². The molecule has 0 saturated carbocycles. The number of ether oxygens (including phenoxy) is 2. The van der Waals surface area contributed by atoms with Crippen molar-refractivity contribution >= 4 is 16.8 Å². The maximum atomic E-state index is 13.4. The molecule has 1 N–H and O–H groups in total. The molecule has 1 heterocycles. The Kier molecular flexibility index (Phi) is 7.43. The third kappa shape index (κ3) is 5.37. The van der Waals surface area contributed by atoms with E-state index in [-0.39, 0.29) is 11.9 Å². The molecule has 1 atom stereocenters. The Balaban J connectivity index is 1.61. The van der Waals surface area contributed by atoms with Gasteiger partial charge in [-0.2, -0.15) is 0 Å². The summed E-state index contributed by atoms with van der Waals surface area (Å²) in [5, 5.41) is 3.96. The molecule has 0 saturated heterocycles. The van der Waals surface area contributed by atoms with Crippen molar-refractivity contribution in [3.63, 3.8) is 0 Å². The van der Waals surface area contributed by atoms with Gasteiger partial charge < -0.3 is 14.8 Å². The molecule has 1 amide bonds. The van der Waals surface area contributed by atoms with Crippen LogP contribution in [-0.2, 0) is 0 Å². The van der Waals surface area contributed by atoms with Crippen molar-refractivity contribution in [1.29, 1.82) is 0 Å². The summed E-state index contributed by atoms with van der Waals surface area (Å²) >= 11 is 0. The number of hydrogen-bond acceptors (Lipinski definition) is 4. The van der Waals surface area contributed by atoms with Crippen molar-refractivity contribution in [2.75, 3.05) is 13.7 Å². The molecule has 0 aliphatic heterocycles. The Labute approximate surface area is 200 Å². The predicted octanol–water partition coefficient (Wildman–Crippen LogP) is 6.58. The average molecular weight is 455 g/mol. The molecular weight excluding hydrogens is 424 g/mol. The van der Waals surface area contributed by atoms with Gasteiger partial charge in [0, 0.05) is 10.9 Å². The number of nitrogens with zero attached hydrogens (tertiary/aromatic N) is 1. The van der Waals surface area contributed by atoms with Crippen molar-refractivity contribution in [2.45, 2.75) is 32.7 Å². The quantitative estimate of drug-likeness (QED) is 0.290. The summed E-state index contributed by atoms with van der Waals surface area (Å²) in [5.74, 6) is 1.49. The Morgan fingerprint density at radius 3 is 2.38 bits per heavy atom. The van der Waals surface area contributed by atoms with E-state index in [9.17, 15) is 4.79 Å². The number of hydrogen-bond donors (Lipinski definition) is 1. The van der Waals surface area contributed by atoms with Gasteiger partial charge in [-0.05, 0) is 67.4 Å². The van der Waals surface area contributed by atoms with Crippen LogP contribution in [0.3, 0.4) is 0 Å². The second kappa shape index (κ2) is 10.8. The lowest BCUT2D eigenvalue weighted by atomic mass is 10.0. The normalized spacial score (nSPS) is 11.7. The van der Waals surface area contributed by atoms with Crippen molar-refractivity contribution < 1.29 is 14.3 Å². The topological polar surface area (TPSA) is 60.5 Å². The molecule has 174 valence electrons. The lowest BCUT2D eigenvalue weighted by molar-refractivity contribution is 0.0941. The molecular formula is C29H30N2O3. The highest BCUT2D eigenvalue weighted by Gasteiger charge is 2.17. The van der Waals surface area contributed by atoms with Crippen LogP contribution in [0.4, 0.5) is 0 Å². The van der Waals surface area contributed by atoms with Gasteiger partial charge in [-0.1, -0.05) is 43.7 Å². The van der Waals surface area contributed by atoms with E-state index in [0.717, 1.165) is 52.1 Å². The van der Waals surface area contributed by atoms with Gasteiger partial charge in [-0.15, -0.1) is 0 Å². The fourth-order valence-corrected chi connectivity index (χ4v) is 3.82. The minimum absolute atomic E-state index is 0.136. The monoisotopic (exact) mass is 454 g/mol. The summed E-state index contributed by atoms with van der Waals surface area (Å²) in [5.41, 5.74) is 4.08. The first kappa shape index (κ1) is 23.3. The zero-order chi connectivity index (χ0) is 23.9. The Bertz CT molecular complexity index is 1250. The molecule has 0 aliphatic carbocycles. The van der Waals surface area contributed by atoms with Crippen LogP contribution in [0.15, 0.2) is 78.9 Å². The standard InChI is InChI=1S/C29H30N2O3/c1-4-5-18-34-24-16-12-22(13-17-24)28-19-26(25-8-6-7-9-27(25)31-28)29(32)30-20(2)21-10-14-23(33-3)15-11-21/h6-17,19-20H,4-5,18H2,1-3H3,(H,30,32). The van der Waals surface area contributed by atoms with Crippen LogP contribution >= 0.6 is 0 Å². The van der Waals surface area contributed by atoms with Crippen LogP contribution < -0.4 is 14.8 Å². The first-order valence-electron chi connectivity index (χ1n) is 11.7. The number of fused-ring (bicyclic) bond motifs is 1. The SMILES string of the molecule is CCCCOc1ccc(-c2cc(C(=O)NC(C)c3ccc(OC)cc3)c3ccccc3n2)cc1. The van der Waals surface area contributed by atoms with Gasteiger partial charge in [0.05, 0.1) is 36.5 Å². The molecule has 0 aliphatic rings. The molecule has 1 aromatic heterocycles. The van der Waals surface area contributed by atoms with E-state index in [4.69, 9.17) is 14.5 Å². The molecule has 4 rings (SSSR count). The van der Waals surface area contributed by atoms with Crippen LogP contribution in [0, 0.1) is 0 Å². The lowest BCUT2D eigenvalue weighted by Crippen LogP contribution is -2.27. The van der Waals surface area contributed by atoms with Crippen LogP contribution in [0.2, 0.25) is 0 Å². The van der Waals surface area contributed by atoms with Crippen LogP contribution in [-0.4, -0.2) is 24.6 Å². The highest BCUT2D eigenvalue weighted by atomic mass is 16.5. The fraction of sp³-hybridized carbons (Fsp3) is 0.241. The zero-order valence-corrected chi connectivity index (χ0v) is 19.9. The van der Waals surface area contributed by atoms with E-state index < -0.39 is 0 Å². The van der Waals surface area contributed by atoms with Crippen molar-refractivity contribution in [3.8, 4) is 22.8 Å². The molecule has 0 spiro atoms. The smallest absolute Gasteiger partial charge is 0.252 e. The first-order chi connectivity index (χ1) is 16.6. The average Bonchev–Trinajstić information content (AvgIpc) is 2.88. The molecule has 3 aromatic carbocycles. The molecule has 0 fully saturated rings. The molecule has 4 aromatic rings. The number of rotatable bonds is 9. The van der Waals surface area contributed by atoms with E-state index >= 15 is 0 Å². The van der Waals surface area contributed by atoms with Gasteiger partial charge in [0.15, 0.2) is 0 Å². The van der Waals surface area contributed by atoms with Crippen LogP contribution in [0.25, 0.3) is 22.2 Å². The third-order valence-corrected chi connectivity index (χ3v) is 5.84. The van der Waals surface area contributed by atoms with Gasteiger partial charge in [-0.3, -0.25) is 4.79 Å². The van der Waals surface area contributed by atoms with Crippen molar-refractivity contribution in [2.24, 2.45) is 0 Å². The van der Waals surface area contributed by atoms with E-state index in [1.54, 1.807) is 7.11 Å². The number of para-hydroxylation sites is 1. The minimum Gasteiger partial charge on any atom is -0.497 e. The summed E-state index contributed by atoms with van der Waals surface area (Å²) in [7, 11) is 1.64. The number of carbonyl (C=O) groups excluding carboxylic acids is 1. The minimum atomic E-state index is -0.159. The second-order valence-electron chi connectivity index (χ2n) is 8.27. The highest BCUT2D eigenvalue weighted by Crippen LogP contribution is 2.27. The maximum absolute atomic E-state index is 13.4. The van der Waals surface area contributed by atoms with Gasteiger partial charge >= 0.3 is 0 Å². The summed E-state index contributed by atoms with van der Waals surface area (Å²) in [6.45, 7) is 4.82. The van der Waals surface area contributed by atoms with Crippen molar-refractivity contribution in [3.05, 3.63) is 90.0 Å². The number of nitrogens with one attached hydrogen (secondary N) is 1. The Hall–Kier alpha value is -3.86. The zero-order valence-electron chi connectivity index (χ0n) is 19.9. The summed E-state index contributed by atoms with van der Waals surface area (Å²) < 4.78 is 11.0. The second-order valence-corrected chi connectivity index (χ2v) is 8.27. The number of aromatic nitrogens is 1. The molecule has 0 radical (unpaired) electrons. The predicted molar refractivity (Wildman–Crippen MR) is 136 cm³/mol. The van der Waals surface area contributed by atoms with Crippen LogP contribution in [0.5, 0.6) is 11.5 Å². The highest BCUT2D eigenvalue weighted by molar-refractivity contribution is 6.07. The molecule has 5 nitrogen and oxygen atoms in total. The van der Waals surface area contributed by atoms with Gasteiger partial charge in [-0.25, -0.2) is 4.98 Å². The Morgan fingerprint density at radius 2 is 1.68 bits per heavy atom. The number of unbranched alkanes of at least 4 members (excludes halogenated alkanes) is 1. The number of amides is 1. The fourth-order valence-electron chi connectivity index (χ4n) is 3.82. The molecule has 0 bridgehead atoms. The lowest BCUT2D eigenvalue weighted by Gasteiger charge is -2.16. The van der Waals surface area contributed by atoms with E-state index in [1.807, 2.05) is 85.8 Å². The Morgan fingerprint density at radius 1 is 0.971 bits per heavy atom. The number of carbonyl (C=O) groups is 1. The number of pyridine rings is 1. The van der Waals surface area contributed by atoms with Crippen molar-refractivity contribution in [1.82, 2.24) is 10.3 Å². The summed E-state index contributed by atoms with van der Waals surface area (Å²) in [6, 6.07) is 25.0.